The summed E-state index contributed by atoms with van der Waals surface area (Å²) < 4.78 is 6.18. The topological polar surface area (TPSA) is 73.2 Å². The summed E-state index contributed by atoms with van der Waals surface area (Å²) in [4.78, 5) is 23.6. The number of hydrogen-bond acceptors (Lipinski definition) is 4. The highest BCUT2D eigenvalue weighted by Crippen LogP contribution is 2.22. The maximum Gasteiger partial charge on any atom is 0.337 e. The minimum Gasteiger partial charge on any atom is -0.465 e. The van der Waals surface area contributed by atoms with E-state index in [-0.39, 0.29) is 12.5 Å². The molecule has 24 heavy (non-hydrogen) atoms. The lowest BCUT2D eigenvalue weighted by atomic mass is 10.2. The van der Waals surface area contributed by atoms with Gasteiger partial charge in [-0.05, 0) is 36.4 Å². The van der Waals surface area contributed by atoms with E-state index in [9.17, 15) is 9.59 Å². The van der Waals surface area contributed by atoms with Gasteiger partial charge in [-0.15, -0.1) is 0 Å². The number of nitrogens with one attached hydrogen (secondary N) is 1. The van der Waals surface area contributed by atoms with Crippen molar-refractivity contribution in [3.63, 3.8) is 0 Å². The van der Waals surface area contributed by atoms with Crippen molar-refractivity contribution in [3.05, 3.63) is 59.2 Å². The van der Waals surface area contributed by atoms with Crippen molar-refractivity contribution in [3.8, 4) is 0 Å². The number of methoxy groups -OCH3 is 1. The summed E-state index contributed by atoms with van der Waals surface area (Å²) in [6, 6.07) is 13.9. The molecule has 0 fully saturated rings. The Morgan fingerprint density at radius 2 is 1.88 bits per heavy atom. The number of amides is 1. The van der Waals surface area contributed by atoms with Crippen molar-refractivity contribution >= 4 is 40.1 Å². The van der Waals surface area contributed by atoms with E-state index in [1.807, 2.05) is 24.3 Å². The number of para-hydroxylation sites is 1. The first-order valence-electron chi connectivity index (χ1n) is 7.18. The lowest BCUT2D eigenvalue weighted by Gasteiger charge is -2.07. The van der Waals surface area contributed by atoms with Gasteiger partial charge in [-0.2, -0.15) is 5.10 Å². The zero-order chi connectivity index (χ0) is 17.1. The van der Waals surface area contributed by atoms with Crippen LogP contribution in [0.5, 0.6) is 0 Å². The Balaban J connectivity index is 1.72. The summed E-state index contributed by atoms with van der Waals surface area (Å²) in [5.74, 6) is -0.670. The number of aromatic nitrogens is 2. The molecule has 122 valence electrons. The number of carbonyl (C=O) groups is 2. The molecule has 1 N–H and O–H groups in total. The van der Waals surface area contributed by atoms with Gasteiger partial charge in [0, 0.05) is 11.1 Å². The fourth-order valence-electron chi connectivity index (χ4n) is 2.35. The predicted molar refractivity (Wildman–Crippen MR) is 91.2 cm³/mol. The molecule has 0 aliphatic heterocycles. The fourth-order valence-corrected chi connectivity index (χ4v) is 2.60. The van der Waals surface area contributed by atoms with E-state index in [1.165, 1.54) is 7.11 Å². The number of carbonyl (C=O) groups excluding carboxylic acids is 2. The average Bonchev–Trinajstić information content (AvgIpc) is 2.91. The normalized spacial score (nSPS) is 10.6. The summed E-state index contributed by atoms with van der Waals surface area (Å²) in [6.07, 6.45) is 0. The van der Waals surface area contributed by atoms with E-state index in [0.29, 0.717) is 16.4 Å². The molecule has 0 bridgehead atoms. The van der Waals surface area contributed by atoms with Gasteiger partial charge in [0.05, 0.1) is 18.2 Å². The molecule has 0 radical (unpaired) electrons. The summed E-state index contributed by atoms with van der Waals surface area (Å²) >= 11 is 6.07. The van der Waals surface area contributed by atoms with E-state index in [2.05, 4.69) is 15.2 Å². The first-order valence-corrected chi connectivity index (χ1v) is 7.55. The van der Waals surface area contributed by atoms with E-state index in [0.717, 1.165) is 10.9 Å². The van der Waals surface area contributed by atoms with Crippen LogP contribution in [0, 0.1) is 0 Å². The van der Waals surface area contributed by atoms with Crippen LogP contribution in [-0.2, 0) is 16.1 Å². The van der Waals surface area contributed by atoms with Crippen LogP contribution in [0.15, 0.2) is 48.5 Å². The molecule has 0 spiro atoms. The maximum absolute atomic E-state index is 12.2. The number of fused-ring (bicyclic) bond motifs is 1. The molecule has 3 rings (SSSR count). The van der Waals surface area contributed by atoms with Crippen LogP contribution in [0.4, 0.5) is 5.69 Å². The molecule has 6 nitrogen and oxygen atoms in total. The molecule has 0 saturated heterocycles. The van der Waals surface area contributed by atoms with Gasteiger partial charge in [-0.1, -0.05) is 23.7 Å². The van der Waals surface area contributed by atoms with Gasteiger partial charge < -0.3 is 10.1 Å². The molecule has 7 heteroatoms. The monoisotopic (exact) mass is 343 g/mol. The zero-order valence-electron chi connectivity index (χ0n) is 12.8. The van der Waals surface area contributed by atoms with Gasteiger partial charge in [0.25, 0.3) is 0 Å². The van der Waals surface area contributed by atoms with Crippen LogP contribution in [-0.4, -0.2) is 28.8 Å². The number of ether oxygens (including phenoxy) is 1. The molecule has 3 aromatic rings. The lowest BCUT2D eigenvalue weighted by molar-refractivity contribution is -0.116. The zero-order valence-corrected chi connectivity index (χ0v) is 13.6. The maximum atomic E-state index is 12.2. The van der Waals surface area contributed by atoms with Crippen LogP contribution in [0.1, 0.15) is 10.4 Å². The highest BCUT2D eigenvalue weighted by Gasteiger charge is 2.12. The number of rotatable bonds is 4. The number of benzene rings is 2. The van der Waals surface area contributed by atoms with Crippen molar-refractivity contribution in [2.75, 3.05) is 12.4 Å². The van der Waals surface area contributed by atoms with Crippen molar-refractivity contribution < 1.29 is 14.3 Å². The molecule has 0 aliphatic rings. The van der Waals surface area contributed by atoms with Crippen molar-refractivity contribution in [1.29, 1.82) is 0 Å². The lowest BCUT2D eigenvalue weighted by Crippen LogP contribution is -2.19. The van der Waals surface area contributed by atoms with Gasteiger partial charge in [-0.3, -0.25) is 9.48 Å². The highest BCUT2D eigenvalue weighted by atomic mass is 35.5. The van der Waals surface area contributed by atoms with Gasteiger partial charge in [0.1, 0.15) is 6.54 Å². The van der Waals surface area contributed by atoms with Gasteiger partial charge in [0.2, 0.25) is 5.91 Å². The van der Waals surface area contributed by atoms with Gasteiger partial charge in [-0.25, -0.2) is 4.79 Å². The second-order valence-electron chi connectivity index (χ2n) is 5.08. The standard InChI is InChI=1S/C17H14ClN3O3/c1-24-17(23)11-6-8-12(9-7-11)19-15(22)10-21-14-5-3-2-4-13(14)16(18)20-21/h2-9H,10H2,1H3,(H,19,22). The van der Waals surface area contributed by atoms with E-state index < -0.39 is 5.97 Å². The SMILES string of the molecule is COC(=O)c1ccc(NC(=O)Cn2nc(Cl)c3ccccc32)cc1. The second-order valence-corrected chi connectivity index (χ2v) is 5.44. The molecule has 1 aromatic heterocycles. The molecule has 1 amide bonds. The minimum absolute atomic E-state index is 0.0337. The Labute approximate surface area is 143 Å². The van der Waals surface area contributed by atoms with Crippen LogP contribution >= 0.6 is 11.6 Å². The van der Waals surface area contributed by atoms with Crippen molar-refractivity contribution in [2.45, 2.75) is 6.54 Å². The number of esters is 1. The number of nitrogens with zero attached hydrogens (tertiary/aromatic N) is 2. The Morgan fingerprint density at radius 1 is 1.17 bits per heavy atom. The van der Waals surface area contributed by atoms with Gasteiger partial charge in [0.15, 0.2) is 5.15 Å². The highest BCUT2D eigenvalue weighted by molar-refractivity contribution is 6.34. The predicted octanol–water partition coefficient (Wildman–Crippen LogP) is 3.12. The fraction of sp³-hybridized carbons (Fsp3) is 0.118. The summed E-state index contributed by atoms with van der Waals surface area (Å²) in [7, 11) is 1.32. The number of hydrogen-bond donors (Lipinski definition) is 1. The van der Waals surface area contributed by atoms with Crippen LogP contribution in [0.3, 0.4) is 0 Å². The quantitative estimate of drug-likeness (QED) is 0.739. The van der Waals surface area contributed by atoms with Crippen LogP contribution < -0.4 is 5.32 Å². The Bertz CT molecular complexity index is 903. The molecule has 0 unspecified atom stereocenters. The van der Waals surface area contributed by atoms with Crippen molar-refractivity contribution in [2.24, 2.45) is 0 Å². The van der Waals surface area contributed by atoms with E-state index in [4.69, 9.17) is 11.6 Å². The molecule has 0 atom stereocenters. The van der Waals surface area contributed by atoms with E-state index >= 15 is 0 Å². The second kappa shape index (κ2) is 6.72. The molecule has 0 aliphatic carbocycles. The first kappa shape index (κ1) is 16.0. The first-order chi connectivity index (χ1) is 11.6. The third kappa shape index (κ3) is 3.23. The molecule has 0 saturated carbocycles. The molecular formula is C17H14ClN3O3. The summed E-state index contributed by atoms with van der Waals surface area (Å²) in [5.41, 5.74) is 1.79. The number of halogens is 1. The third-order valence-corrected chi connectivity index (χ3v) is 3.78. The summed E-state index contributed by atoms with van der Waals surface area (Å²) in [6.45, 7) is 0.0337. The largest absolute Gasteiger partial charge is 0.465 e. The van der Waals surface area contributed by atoms with Crippen molar-refractivity contribution in [1.82, 2.24) is 9.78 Å². The molecular weight excluding hydrogens is 330 g/mol. The van der Waals surface area contributed by atoms with Crippen LogP contribution in [0.25, 0.3) is 10.9 Å². The average molecular weight is 344 g/mol. The third-order valence-electron chi connectivity index (χ3n) is 3.50. The molecule has 2 aromatic carbocycles. The van der Waals surface area contributed by atoms with Crippen LogP contribution in [0.2, 0.25) is 5.15 Å². The number of anilines is 1. The Kier molecular flexibility index (Phi) is 4.48. The Morgan fingerprint density at radius 3 is 2.58 bits per heavy atom. The minimum atomic E-state index is -0.425. The van der Waals surface area contributed by atoms with Gasteiger partial charge >= 0.3 is 5.97 Å². The smallest absolute Gasteiger partial charge is 0.337 e. The molecule has 1 heterocycles. The summed E-state index contributed by atoms with van der Waals surface area (Å²) in [5, 5.41) is 8.10. The van der Waals surface area contributed by atoms with E-state index in [1.54, 1.807) is 28.9 Å². The Hall–Kier alpha value is -2.86.